The van der Waals surface area contributed by atoms with Crippen LogP contribution in [-0.4, -0.2) is 33.5 Å². The highest BCUT2D eigenvalue weighted by atomic mass is 16.5. The van der Waals surface area contributed by atoms with Crippen molar-refractivity contribution in [2.24, 2.45) is 5.92 Å². The number of esters is 1. The van der Waals surface area contributed by atoms with Crippen LogP contribution in [0, 0.1) is 26.7 Å². The zero-order valence-corrected chi connectivity index (χ0v) is 21.7. The molecule has 0 saturated heterocycles. The van der Waals surface area contributed by atoms with Crippen LogP contribution in [-0.2, 0) is 14.3 Å². The van der Waals surface area contributed by atoms with Gasteiger partial charge in [-0.2, -0.15) is 0 Å². The molecule has 0 aliphatic rings. The Morgan fingerprint density at radius 1 is 1.03 bits per heavy atom. The smallest absolute Gasteiger partial charge is 0.307 e. The molecule has 0 aromatic carbocycles. The van der Waals surface area contributed by atoms with Gasteiger partial charge in [0.25, 0.3) is 5.56 Å². The maximum absolute atomic E-state index is 13.6. The lowest BCUT2D eigenvalue weighted by molar-refractivity contribution is -0.141. The summed E-state index contributed by atoms with van der Waals surface area (Å²) in [5, 5.41) is 3.00. The lowest BCUT2D eigenvalue weighted by Crippen LogP contribution is -2.40. The van der Waals surface area contributed by atoms with Gasteiger partial charge in [0.05, 0.1) is 19.6 Å². The average Bonchev–Trinajstić information content (AvgIpc) is 2.82. The number of hydrogen-bond acceptors (Lipinski definition) is 6. The minimum Gasteiger partial charge on any atom is -0.469 e. The van der Waals surface area contributed by atoms with Gasteiger partial charge in [0.1, 0.15) is 6.04 Å². The van der Waals surface area contributed by atoms with E-state index < -0.39 is 18.1 Å². The Morgan fingerprint density at radius 3 is 2.31 bits per heavy atom. The first-order valence-electron chi connectivity index (χ1n) is 12.0. The predicted octanol–water partition coefficient (Wildman–Crippen LogP) is 4.24. The molecule has 36 heavy (non-hydrogen) atoms. The van der Waals surface area contributed by atoms with Gasteiger partial charge in [-0.05, 0) is 73.1 Å². The fraction of sp³-hybridized carbons (Fsp3) is 0.393. The Hall–Kier alpha value is -3.81. The molecule has 8 heteroatoms. The Kier molecular flexibility index (Phi) is 8.74. The third-order valence-electron chi connectivity index (χ3n) is 6.13. The lowest BCUT2D eigenvalue weighted by Gasteiger charge is -2.25. The van der Waals surface area contributed by atoms with Gasteiger partial charge in [-0.1, -0.05) is 13.8 Å². The van der Waals surface area contributed by atoms with Crippen LogP contribution in [0.15, 0.2) is 54.0 Å². The molecule has 1 N–H and O–H groups in total. The zero-order chi connectivity index (χ0) is 26.4. The maximum Gasteiger partial charge on any atom is 0.307 e. The van der Waals surface area contributed by atoms with Crippen molar-refractivity contribution in [2.45, 2.75) is 59.5 Å². The molecular formula is C28H34N4O4. The van der Waals surface area contributed by atoms with E-state index in [4.69, 9.17) is 4.74 Å². The molecule has 8 nitrogen and oxygen atoms in total. The first kappa shape index (κ1) is 26.8. The summed E-state index contributed by atoms with van der Waals surface area (Å²) < 4.78 is 6.36. The van der Waals surface area contributed by atoms with E-state index in [1.807, 2.05) is 40.7 Å². The minimum atomic E-state index is -0.723. The molecule has 0 aliphatic heterocycles. The molecule has 3 rings (SSSR count). The fourth-order valence-corrected chi connectivity index (χ4v) is 4.35. The second kappa shape index (κ2) is 11.7. The molecule has 0 radical (unpaired) electrons. The number of carbonyl (C=O) groups is 2. The third-order valence-corrected chi connectivity index (χ3v) is 6.13. The number of nitrogens with zero attached hydrogens (tertiary/aromatic N) is 3. The van der Waals surface area contributed by atoms with Crippen LogP contribution in [0.1, 0.15) is 61.0 Å². The van der Waals surface area contributed by atoms with Crippen molar-refractivity contribution in [3.8, 4) is 11.1 Å². The topological polar surface area (TPSA) is 103 Å². The Labute approximate surface area is 211 Å². The predicted molar refractivity (Wildman–Crippen MR) is 138 cm³/mol. The molecular weight excluding hydrogens is 456 g/mol. The number of methoxy groups -OCH3 is 1. The van der Waals surface area contributed by atoms with E-state index in [-0.39, 0.29) is 23.8 Å². The van der Waals surface area contributed by atoms with Crippen LogP contribution in [0.4, 0.5) is 0 Å². The monoisotopic (exact) mass is 490 g/mol. The second-order valence-electron chi connectivity index (χ2n) is 9.59. The van der Waals surface area contributed by atoms with Crippen molar-refractivity contribution in [1.29, 1.82) is 0 Å². The van der Waals surface area contributed by atoms with Crippen LogP contribution in [0.3, 0.4) is 0 Å². The number of rotatable bonds is 9. The van der Waals surface area contributed by atoms with E-state index in [0.29, 0.717) is 12.0 Å². The number of aromatic nitrogens is 3. The summed E-state index contributed by atoms with van der Waals surface area (Å²) in [6.07, 6.45) is 9.02. The number of ether oxygens (including phenoxy) is 1. The van der Waals surface area contributed by atoms with E-state index in [1.54, 1.807) is 37.1 Å². The Bertz CT molecular complexity index is 1280. The normalized spacial score (nSPS) is 12.8. The highest BCUT2D eigenvalue weighted by molar-refractivity contribution is 5.82. The highest BCUT2D eigenvalue weighted by Crippen LogP contribution is 2.29. The molecule has 2 atom stereocenters. The Balaban J connectivity index is 2.00. The zero-order valence-electron chi connectivity index (χ0n) is 21.7. The number of amides is 1. The molecule has 3 aromatic rings. The van der Waals surface area contributed by atoms with Crippen molar-refractivity contribution in [1.82, 2.24) is 19.9 Å². The standard InChI is InChI=1S/C28H34N4O4/c1-17(2)9-24(32-8-7-18(3)10-25(32)33)28(35)31-23(12-26(34)36-6)21-11-22(16-30-15-21)27-19(4)13-29-14-20(27)5/h7-8,10-11,13-17,23-24H,9,12H2,1-6H3,(H,31,35)/t23-,24?/m0/s1. The molecule has 1 amide bonds. The van der Waals surface area contributed by atoms with Gasteiger partial charge in [0.2, 0.25) is 5.91 Å². The summed E-state index contributed by atoms with van der Waals surface area (Å²) >= 11 is 0. The van der Waals surface area contributed by atoms with Gasteiger partial charge in [-0.25, -0.2) is 0 Å². The summed E-state index contributed by atoms with van der Waals surface area (Å²) in [5.74, 6) is -0.643. The second-order valence-corrected chi connectivity index (χ2v) is 9.59. The van der Waals surface area contributed by atoms with Crippen molar-refractivity contribution >= 4 is 11.9 Å². The molecule has 0 saturated carbocycles. The molecule has 3 heterocycles. The van der Waals surface area contributed by atoms with Gasteiger partial charge in [-0.3, -0.25) is 24.4 Å². The molecule has 0 fully saturated rings. The summed E-state index contributed by atoms with van der Waals surface area (Å²) in [6.45, 7) is 9.79. The largest absolute Gasteiger partial charge is 0.469 e. The molecule has 1 unspecified atom stereocenters. The molecule has 3 aromatic heterocycles. The number of aryl methyl sites for hydroxylation is 3. The third kappa shape index (κ3) is 6.44. The Morgan fingerprint density at radius 2 is 1.69 bits per heavy atom. The van der Waals surface area contributed by atoms with Crippen molar-refractivity contribution in [2.75, 3.05) is 7.11 Å². The molecule has 0 spiro atoms. The lowest BCUT2D eigenvalue weighted by atomic mass is 9.96. The number of hydrogen-bond donors (Lipinski definition) is 1. The maximum atomic E-state index is 13.6. The molecule has 0 bridgehead atoms. The number of pyridine rings is 3. The van der Waals surface area contributed by atoms with Gasteiger partial charge in [0, 0.05) is 42.6 Å². The molecule has 0 aliphatic carbocycles. The molecule has 190 valence electrons. The van der Waals surface area contributed by atoms with Crippen LogP contribution in [0.2, 0.25) is 0 Å². The van der Waals surface area contributed by atoms with Crippen LogP contribution < -0.4 is 10.9 Å². The van der Waals surface area contributed by atoms with E-state index >= 15 is 0 Å². The van der Waals surface area contributed by atoms with Crippen LogP contribution in [0.25, 0.3) is 11.1 Å². The van der Waals surface area contributed by atoms with Gasteiger partial charge >= 0.3 is 5.97 Å². The van der Waals surface area contributed by atoms with Gasteiger partial charge in [-0.15, -0.1) is 0 Å². The van der Waals surface area contributed by atoms with Gasteiger partial charge < -0.3 is 14.6 Å². The number of nitrogens with one attached hydrogen (secondary N) is 1. The van der Waals surface area contributed by atoms with Crippen molar-refractivity contribution in [3.05, 3.63) is 81.8 Å². The minimum absolute atomic E-state index is 0.0706. The van der Waals surface area contributed by atoms with E-state index in [9.17, 15) is 14.4 Å². The van der Waals surface area contributed by atoms with Gasteiger partial charge in [0.15, 0.2) is 0 Å². The van der Waals surface area contributed by atoms with Crippen molar-refractivity contribution < 1.29 is 14.3 Å². The summed E-state index contributed by atoms with van der Waals surface area (Å²) in [5.41, 5.74) is 5.12. The van der Waals surface area contributed by atoms with E-state index in [1.165, 1.54) is 17.7 Å². The van der Waals surface area contributed by atoms with E-state index in [2.05, 4.69) is 15.3 Å². The summed E-state index contributed by atoms with van der Waals surface area (Å²) in [4.78, 5) is 47.2. The first-order chi connectivity index (χ1) is 17.1. The SMILES string of the molecule is COC(=O)C[C@H](NC(=O)C(CC(C)C)n1ccc(C)cc1=O)c1cncc(-c2c(C)cncc2C)c1. The summed E-state index contributed by atoms with van der Waals surface area (Å²) in [6, 6.07) is 3.83. The average molecular weight is 491 g/mol. The number of carbonyl (C=O) groups excluding carboxylic acids is 2. The van der Waals surface area contributed by atoms with Crippen LogP contribution in [0.5, 0.6) is 0 Å². The van der Waals surface area contributed by atoms with Crippen molar-refractivity contribution in [3.63, 3.8) is 0 Å². The summed E-state index contributed by atoms with van der Waals surface area (Å²) in [7, 11) is 1.31. The fourth-order valence-electron chi connectivity index (χ4n) is 4.35. The van der Waals surface area contributed by atoms with E-state index in [0.717, 1.165) is 27.8 Å². The van der Waals surface area contributed by atoms with Crippen LogP contribution >= 0.6 is 0 Å². The quantitative estimate of drug-likeness (QED) is 0.450. The first-order valence-corrected chi connectivity index (χ1v) is 12.0. The highest BCUT2D eigenvalue weighted by Gasteiger charge is 2.27.